The third-order valence-corrected chi connectivity index (χ3v) is 2.71. The van der Waals surface area contributed by atoms with E-state index in [4.69, 9.17) is 4.74 Å². The van der Waals surface area contributed by atoms with Gasteiger partial charge in [-0.3, -0.25) is 9.79 Å². The summed E-state index contributed by atoms with van der Waals surface area (Å²) in [5.74, 6) is 0.0448. The molecule has 20 heavy (non-hydrogen) atoms. The van der Waals surface area contributed by atoms with Gasteiger partial charge >= 0.3 is 0 Å². The lowest BCUT2D eigenvalue weighted by molar-refractivity contribution is 0.103. The predicted octanol–water partition coefficient (Wildman–Crippen LogP) is 3.48. The monoisotopic (exact) mass is 271 g/mol. The minimum absolute atomic E-state index is 0.0448. The molecule has 1 aromatic carbocycles. The number of hydrogen-bond donors (Lipinski definition) is 0. The molecule has 0 saturated heterocycles. The van der Waals surface area contributed by atoms with Crippen LogP contribution < -0.4 is 0 Å². The van der Waals surface area contributed by atoms with Crippen LogP contribution in [0.4, 0.5) is 0 Å². The van der Waals surface area contributed by atoms with Crippen LogP contribution in [0, 0.1) is 0 Å². The Balaban J connectivity index is 2.46. The highest BCUT2D eigenvalue weighted by Gasteiger charge is 2.07. The predicted molar refractivity (Wildman–Crippen MR) is 83.5 cm³/mol. The van der Waals surface area contributed by atoms with E-state index in [1.807, 2.05) is 55.5 Å². The molecule has 0 saturated carbocycles. The second-order valence-corrected chi connectivity index (χ2v) is 4.15. The van der Waals surface area contributed by atoms with E-state index in [2.05, 4.69) is 4.99 Å². The van der Waals surface area contributed by atoms with Crippen molar-refractivity contribution in [1.29, 1.82) is 0 Å². The summed E-state index contributed by atoms with van der Waals surface area (Å²) in [7, 11) is 1.72. The van der Waals surface area contributed by atoms with E-state index in [1.54, 1.807) is 13.3 Å². The number of nitrogens with zero attached hydrogens (tertiary/aromatic N) is 1. The Morgan fingerprint density at radius 2 is 2.05 bits per heavy atom. The first kappa shape index (κ1) is 16.1. The highest BCUT2D eigenvalue weighted by molar-refractivity contribution is 6.10. The van der Waals surface area contributed by atoms with Crippen LogP contribution in [0.5, 0.6) is 0 Å². The van der Waals surface area contributed by atoms with E-state index in [0.717, 1.165) is 6.42 Å². The molecule has 0 aliphatic rings. The maximum absolute atomic E-state index is 12.2. The molecule has 0 amide bonds. The fourth-order valence-electron chi connectivity index (χ4n) is 1.63. The van der Waals surface area contributed by atoms with Crippen molar-refractivity contribution in [1.82, 2.24) is 0 Å². The number of rotatable bonds is 8. The molecule has 0 fully saturated rings. The molecule has 0 radical (unpaired) electrons. The smallest absolute Gasteiger partial charge is 0.192 e. The first-order valence-corrected chi connectivity index (χ1v) is 6.70. The van der Waals surface area contributed by atoms with Crippen molar-refractivity contribution >= 4 is 12.0 Å². The summed E-state index contributed by atoms with van der Waals surface area (Å²) in [4.78, 5) is 16.0. The van der Waals surface area contributed by atoms with Gasteiger partial charge < -0.3 is 4.74 Å². The highest BCUT2D eigenvalue weighted by atomic mass is 16.5. The standard InChI is InChI=1S/C17H21NO2/c1-3-15(9-7-8-13-20-14-12-18-2)17(19)16-10-5-4-6-11-16/h3-7,9-12H,8,13-14H2,1-2H3/b9-7-,15-3+,18-12?. The van der Waals surface area contributed by atoms with Crippen LogP contribution in [-0.4, -0.2) is 32.3 Å². The summed E-state index contributed by atoms with van der Waals surface area (Å²) in [5, 5.41) is 0. The first-order chi connectivity index (χ1) is 9.79. The number of carbonyl (C=O) groups excluding carboxylic acids is 1. The number of aliphatic imine (C=N–C) groups is 1. The normalized spacial score (nSPS) is 12.4. The average molecular weight is 271 g/mol. The summed E-state index contributed by atoms with van der Waals surface area (Å²) in [6, 6.07) is 9.29. The number of hydrogen-bond acceptors (Lipinski definition) is 3. The molecule has 106 valence electrons. The van der Waals surface area contributed by atoms with E-state index < -0.39 is 0 Å². The lowest BCUT2D eigenvalue weighted by Gasteiger charge is -2.01. The minimum Gasteiger partial charge on any atom is -0.376 e. The summed E-state index contributed by atoms with van der Waals surface area (Å²) in [6.45, 7) is 3.03. The van der Waals surface area contributed by atoms with Gasteiger partial charge in [0.05, 0.1) is 13.2 Å². The van der Waals surface area contributed by atoms with Crippen molar-refractivity contribution in [3.8, 4) is 0 Å². The Bertz CT molecular complexity index is 487. The Kier molecular flexibility index (Phi) is 7.92. The molecule has 0 spiro atoms. The quantitative estimate of drug-likeness (QED) is 0.239. The van der Waals surface area contributed by atoms with Crippen LogP contribution in [0.1, 0.15) is 23.7 Å². The SMILES string of the molecule is C/C=C(\C=C/CCOCC=NC)C(=O)c1ccccc1. The van der Waals surface area contributed by atoms with Crippen LogP contribution in [0.15, 0.2) is 59.1 Å². The molecular weight excluding hydrogens is 250 g/mol. The summed E-state index contributed by atoms with van der Waals surface area (Å²) >= 11 is 0. The summed E-state index contributed by atoms with van der Waals surface area (Å²) in [5.41, 5.74) is 1.41. The Morgan fingerprint density at radius 3 is 2.70 bits per heavy atom. The summed E-state index contributed by atoms with van der Waals surface area (Å²) < 4.78 is 5.33. The Morgan fingerprint density at radius 1 is 1.30 bits per heavy atom. The highest BCUT2D eigenvalue weighted by Crippen LogP contribution is 2.09. The molecule has 3 heteroatoms. The van der Waals surface area contributed by atoms with Gasteiger partial charge in [-0.1, -0.05) is 48.6 Å². The van der Waals surface area contributed by atoms with E-state index in [0.29, 0.717) is 24.4 Å². The van der Waals surface area contributed by atoms with E-state index in [1.165, 1.54) is 0 Å². The second kappa shape index (κ2) is 9.87. The number of ketones is 1. The van der Waals surface area contributed by atoms with Crippen molar-refractivity contribution < 1.29 is 9.53 Å². The molecule has 0 aliphatic carbocycles. The number of benzene rings is 1. The van der Waals surface area contributed by atoms with E-state index >= 15 is 0 Å². The van der Waals surface area contributed by atoms with Crippen molar-refractivity contribution in [2.24, 2.45) is 4.99 Å². The van der Waals surface area contributed by atoms with Gasteiger partial charge in [-0.25, -0.2) is 0 Å². The molecule has 3 nitrogen and oxygen atoms in total. The van der Waals surface area contributed by atoms with E-state index in [9.17, 15) is 4.79 Å². The van der Waals surface area contributed by atoms with Crippen molar-refractivity contribution in [2.45, 2.75) is 13.3 Å². The maximum atomic E-state index is 12.2. The largest absolute Gasteiger partial charge is 0.376 e. The van der Waals surface area contributed by atoms with Crippen molar-refractivity contribution in [3.05, 3.63) is 59.7 Å². The molecule has 0 aromatic heterocycles. The van der Waals surface area contributed by atoms with Crippen LogP contribution in [0.25, 0.3) is 0 Å². The zero-order valence-electron chi connectivity index (χ0n) is 12.1. The molecular formula is C17H21NO2. The van der Waals surface area contributed by atoms with Crippen LogP contribution in [0.2, 0.25) is 0 Å². The van der Waals surface area contributed by atoms with Gasteiger partial charge in [0.1, 0.15) is 0 Å². The Labute approximate surface area is 120 Å². The van der Waals surface area contributed by atoms with Crippen molar-refractivity contribution in [3.63, 3.8) is 0 Å². The van der Waals surface area contributed by atoms with Gasteiger partial charge in [0.2, 0.25) is 0 Å². The average Bonchev–Trinajstić information content (AvgIpc) is 2.50. The topological polar surface area (TPSA) is 38.7 Å². The number of ether oxygens (including phenoxy) is 1. The van der Waals surface area contributed by atoms with Crippen LogP contribution in [0.3, 0.4) is 0 Å². The molecule has 1 rings (SSSR count). The van der Waals surface area contributed by atoms with Crippen molar-refractivity contribution in [2.75, 3.05) is 20.3 Å². The number of Topliss-reactive ketones (excluding diaryl/α,β-unsaturated/α-hetero) is 1. The fraction of sp³-hybridized carbons (Fsp3) is 0.294. The molecule has 0 bridgehead atoms. The number of carbonyl (C=O) groups is 1. The maximum Gasteiger partial charge on any atom is 0.192 e. The minimum atomic E-state index is 0.0448. The molecule has 0 atom stereocenters. The Hall–Kier alpha value is -2.00. The van der Waals surface area contributed by atoms with Gasteiger partial charge in [-0.2, -0.15) is 0 Å². The fourth-order valence-corrected chi connectivity index (χ4v) is 1.63. The lowest BCUT2D eigenvalue weighted by Crippen LogP contribution is -2.01. The van der Waals surface area contributed by atoms with Gasteiger partial charge in [-0.05, 0) is 13.3 Å². The first-order valence-electron chi connectivity index (χ1n) is 6.70. The molecule has 0 heterocycles. The molecule has 0 aliphatic heterocycles. The zero-order chi connectivity index (χ0) is 14.6. The van der Waals surface area contributed by atoms with Gasteiger partial charge in [0.25, 0.3) is 0 Å². The van der Waals surface area contributed by atoms with Gasteiger partial charge in [0.15, 0.2) is 5.78 Å². The van der Waals surface area contributed by atoms with Gasteiger partial charge in [0, 0.05) is 24.4 Å². The lowest BCUT2D eigenvalue weighted by atomic mass is 10.0. The van der Waals surface area contributed by atoms with Crippen LogP contribution >= 0.6 is 0 Å². The van der Waals surface area contributed by atoms with Crippen LogP contribution in [-0.2, 0) is 4.74 Å². The van der Waals surface area contributed by atoms with E-state index in [-0.39, 0.29) is 5.78 Å². The third-order valence-electron chi connectivity index (χ3n) is 2.71. The zero-order valence-corrected chi connectivity index (χ0v) is 12.1. The second-order valence-electron chi connectivity index (χ2n) is 4.15. The number of allylic oxidation sites excluding steroid dienone is 3. The molecule has 0 unspecified atom stereocenters. The molecule has 0 N–H and O–H groups in total. The molecule has 1 aromatic rings. The van der Waals surface area contributed by atoms with Gasteiger partial charge in [-0.15, -0.1) is 0 Å². The summed E-state index contributed by atoms with van der Waals surface area (Å²) in [6.07, 6.45) is 8.14. The third kappa shape index (κ3) is 5.76.